The van der Waals surface area contributed by atoms with Gasteiger partial charge in [-0.2, -0.15) is 5.26 Å². The average molecular weight is 278 g/mol. The van der Waals surface area contributed by atoms with Gasteiger partial charge in [0.15, 0.2) is 0 Å². The van der Waals surface area contributed by atoms with Crippen molar-refractivity contribution in [2.75, 3.05) is 17.7 Å². The van der Waals surface area contributed by atoms with Crippen molar-refractivity contribution in [3.05, 3.63) is 45.8 Å². The molecule has 1 heterocycles. The van der Waals surface area contributed by atoms with Gasteiger partial charge in [0, 0.05) is 18.6 Å². The van der Waals surface area contributed by atoms with Gasteiger partial charge in [-0.3, -0.25) is 0 Å². The minimum Gasteiger partial charge on any atom is -0.397 e. The molecule has 0 aliphatic carbocycles. The van der Waals surface area contributed by atoms with E-state index in [1.165, 1.54) is 11.3 Å². The summed E-state index contributed by atoms with van der Waals surface area (Å²) in [5, 5.41) is 10.6. The molecular formula is C13H12ClN3S. The number of nitrogens with zero attached hydrogens (tertiary/aromatic N) is 2. The van der Waals surface area contributed by atoms with Crippen LogP contribution in [-0.2, 0) is 6.54 Å². The first-order valence-electron chi connectivity index (χ1n) is 5.35. The molecule has 0 aliphatic rings. The largest absolute Gasteiger partial charge is 0.397 e. The van der Waals surface area contributed by atoms with Gasteiger partial charge in [0.05, 0.1) is 10.7 Å². The lowest BCUT2D eigenvalue weighted by molar-refractivity contribution is 0.935. The highest BCUT2D eigenvalue weighted by Gasteiger charge is 2.10. The van der Waals surface area contributed by atoms with Crippen LogP contribution in [0.3, 0.4) is 0 Å². The van der Waals surface area contributed by atoms with Crippen LogP contribution in [0.15, 0.2) is 30.3 Å². The number of nitriles is 1. The molecule has 92 valence electrons. The molecule has 18 heavy (non-hydrogen) atoms. The zero-order chi connectivity index (χ0) is 13.1. The van der Waals surface area contributed by atoms with Gasteiger partial charge in [0.2, 0.25) is 0 Å². The van der Waals surface area contributed by atoms with Crippen molar-refractivity contribution >= 4 is 33.6 Å². The van der Waals surface area contributed by atoms with Gasteiger partial charge in [-0.25, -0.2) is 0 Å². The summed E-state index contributed by atoms with van der Waals surface area (Å²) >= 11 is 7.34. The molecule has 0 aliphatic heterocycles. The molecule has 0 saturated heterocycles. The molecule has 0 saturated carbocycles. The van der Waals surface area contributed by atoms with Crippen LogP contribution in [0, 0.1) is 11.3 Å². The van der Waals surface area contributed by atoms with Gasteiger partial charge in [-0.05, 0) is 23.8 Å². The zero-order valence-electron chi connectivity index (χ0n) is 9.85. The summed E-state index contributed by atoms with van der Waals surface area (Å²) in [5.74, 6) is 0. The molecule has 0 fully saturated rings. The van der Waals surface area contributed by atoms with E-state index < -0.39 is 0 Å². The molecule has 0 atom stereocenters. The number of nitrogen functional groups attached to an aromatic ring is 1. The maximum Gasteiger partial charge on any atom is 0.129 e. The average Bonchev–Trinajstić information content (AvgIpc) is 2.70. The fraction of sp³-hybridized carbons (Fsp3) is 0.154. The molecule has 0 unspecified atom stereocenters. The van der Waals surface area contributed by atoms with E-state index in [2.05, 4.69) is 6.07 Å². The smallest absolute Gasteiger partial charge is 0.129 e. The predicted octanol–water partition coefficient (Wildman–Crippen LogP) is 3.49. The van der Waals surface area contributed by atoms with E-state index in [1.54, 1.807) is 0 Å². The lowest BCUT2D eigenvalue weighted by Crippen LogP contribution is -2.14. The molecule has 2 rings (SSSR count). The van der Waals surface area contributed by atoms with Gasteiger partial charge in [-0.15, -0.1) is 11.3 Å². The quantitative estimate of drug-likeness (QED) is 0.934. The summed E-state index contributed by atoms with van der Waals surface area (Å²) in [6.07, 6.45) is 0. The van der Waals surface area contributed by atoms with Crippen LogP contribution in [-0.4, -0.2) is 7.05 Å². The minimum absolute atomic E-state index is 0.537. The topological polar surface area (TPSA) is 53.0 Å². The molecule has 0 bridgehead atoms. The Balaban J connectivity index is 2.17. The fourth-order valence-electron chi connectivity index (χ4n) is 1.65. The van der Waals surface area contributed by atoms with Crippen molar-refractivity contribution < 1.29 is 0 Å². The summed E-state index contributed by atoms with van der Waals surface area (Å²) in [4.78, 5) is 2.61. The van der Waals surface area contributed by atoms with Crippen molar-refractivity contribution in [2.45, 2.75) is 6.54 Å². The van der Waals surface area contributed by atoms with Gasteiger partial charge in [0.1, 0.15) is 10.9 Å². The Kier molecular flexibility index (Phi) is 3.75. The molecule has 1 aromatic carbocycles. The van der Waals surface area contributed by atoms with Gasteiger partial charge >= 0.3 is 0 Å². The third-order valence-electron chi connectivity index (χ3n) is 2.53. The molecule has 2 N–H and O–H groups in total. The SMILES string of the molecule is CN(Cc1cccc(Cl)c1)c1cc(N)c(C#N)s1. The first-order chi connectivity index (χ1) is 8.60. The number of halogens is 1. The van der Waals surface area contributed by atoms with E-state index in [0.29, 0.717) is 10.6 Å². The van der Waals surface area contributed by atoms with Crippen molar-refractivity contribution in [3.63, 3.8) is 0 Å². The maximum atomic E-state index is 8.88. The summed E-state index contributed by atoms with van der Waals surface area (Å²) in [7, 11) is 1.97. The van der Waals surface area contributed by atoms with Crippen LogP contribution in [0.5, 0.6) is 0 Å². The molecule has 0 radical (unpaired) electrons. The number of hydrogen-bond donors (Lipinski definition) is 1. The van der Waals surface area contributed by atoms with Gasteiger partial charge in [-0.1, -0.05) is 23.7 Å². The standard InChI is InChI=1S/C13H12ClN3S/c1-17(8-9-3-2-4-10(14)5-9)13-6-11(16)12(7-15)18-13/h2-6H,8,16H2,1H3. The van der Waals surface area contributed by atoms with Crippen molar-refractivity contribution in [2.24, 2.45) is 0 Å². The Labute approximate surface area is 115 Å². The molecule has 5 heteroatoms. The predicted molar refractivity (Wildman–Crippen MR) is 77.0 cm³/mol. The lowest BCUT2D eigenvalue weighted by Gasteiger charge is -2.16. The Morgan fingerprint density at radius 2 is 2.22 bits per heavy atom. The van der Waals surface area contributed by atoms with Crippen LogP contribution >= 0.6 is 22.9 Å². The Bertz CT molecular complexity index is 601. The normalized spacial score (nSPS) is 10.1. The van der Waals surface area contributed by atoms with Crippen molar-refractivity contribution in [3.8, 4) is 6.07 Å². The van der Waals surface area contributed by atoms with Crippen LogP contribution in [0.25, 0.3) is 0 Å². The Morgan fingerprint density at radius 3 is 2.83 bits per heavy atom. The first kappa shape index (κ1) is 12.7. The Morgan fingerprint density at radius 1 is 1.44 bits per heavy atom. The lowest BCUT2D eigenvalue weighted by atomic mass is 10.2. The van der Waals surface area contributed by atoms with Crippen LogP contribution < -0.4 is 10.6 Å². The second kappa shape index (κ2) is 5.30. The molecule has 1 aromatic heterocycles. The summed E-state index contributed by atoms with van der Waals surface area (Å²) < 4.78 is 0. The van der Waals surface area contributed by atoms with Crippen LogP contribution in [0.4, 0.5) is 10.7 Å². The summed E-state index contributed by atoms with van der Waals surface area (Å²) in [5.41, 5.74) is 7.41. The third-order valence-corrected chi connectivity index (χ3v) is 3.94. The second-order valence-electron chi connectivity index (χ2n) is 3.97. The number of rotatable bonds is 3. The fourth-order valence-corrected chi connectivity index (χ4v) is 2.70. The highest BCUT2D eigenvalue weighted by molar-refractivity contribution is 7.17. The summed E-state index contributed by atoms with van der Waals surface area (Å²) in [6, 6.07) is 11.6. The first-order valence-corrected chi connectivity index (χ1v) is 6.54. The molecule has 0 spiro atoms. The number of nitrogens with two attached hydrogens (primary N) is 1. The minimum atomic E-state index is 0.537. The highest BCUT2D eigenvalue weighted by atomic mass is 35.5. The molecular weight excluding hydrogens is 266 g/mol. The molecule has 0 amide bonds. The van der Waals surface area contributed by atoms with E-state index >= 15 is 0 Å². The number of thiophene rings is 1. The van der Waals surface area contributed by atoms with Gasteiger partial charge < -0.3 is 10.6 Å². The van der Waals surface area contributed by atoms with E-state index in [4.69, 9.17) is 22.6 Å². The molecule has 2 aromatic rings. The van der Waals surface area contributed by atoms with E-state index in [-0.39, 0.29) is 0 Å². The van der Waals surface area contributed by atoms with Crippen LogP contribution in [0.2, 0.25) is 5.02 Å². The van der Waals surface area contributed by atoms with E-state index in [9.17, 15) is 0 Å². The second-order valence-corrected chi connectivity index (χ2v) is 5.43. The highest BCUT2D eigenvalue weighted by Crippen LogP contribution is 2.31. The van der Waals surface area contributed by atoms with Crippen molar-refractivity contribution in [1.29, 1.82) is 5.26 Å². The van der Waals surface area contributed by atoms with Crippen molar-refractivity contribution in [1.82, 2.24) is 0 Å². The number of benzene rings is 1. The van der Waals surface area contributed by atoms with E-state index in [1.807, 2.05) is 42.3 Å². The van der Waals surface area contributed by atoms with Gasteiger partial charge in [0.25, 0.3) is 0 Å². The third kappa shape index (κ3) is 2.76. The number of hydrogen-bond acceptors (Lipinski definition) is 4. The Hall–Kier alpha value is -1.70. The monoisotopic (exact) mass is 277 g/mol. The molecule has 3 nitrogen and oxygen atoms in total. The maximum absolute atomic E-state index is 8.88. The van der Waals surface area contributed by atoms with E-state index in [0.717, 1.165) is 22.1 Å². The van der Waals surface area contributed by atoms with Crippen LogP contribution in [0.1, 0.15) is 10.4 Å². The zero-order valence-corrected chi connectivity index (χ0v) is 11.4. The number of anilines is 2. The summed E-state index contributed by atoms with van der Waals surface area (Å²) in [6.45, 7) is 0.728.